The Bertz CT molecular complexity index is 701. The monoisotopic (exact) mass is 318 g/mol. The molecule has 2 aromatic rings. The fraction of sp³-hybridized carbons (Fsp3) is 0.429. The molecule has 0 bridgehead atoms. The van der Waals surface area contributed by atoms with Crippen LogP contribution < -0.4 is 0 Å². The quantitative estimate of drug-likeness (QED) is 0.632. The zero-order chi connectivity index (χ0) is 17.0. The molecule has 0 aliphatic rings. The van der Waals surface area contributed by atoms with Crippen LogP contribution in [-0.4, -0.2) is 49.9 Å². The highest BCUT2D eigenvalue weighted by atomic mass is 16.6. The third-order valence-electron chi connectivity index (χ3n) is 3.73. The zero-order valence-electron chi connectivity index (χ0n) is 13.2. The van der Waals surface area contributed by atoms with Gasteiger partial charge in [0.05, 0.1) is 11.3 Å². The number of hydrogen-bond acceptors (Lipinski definition) is 6. The molecule has 1 aromatic heterocycles. The Morgan fingerprint density at radius 2 is 2.22 bits per heavy atom. The molecule has 0 saturated carbocycles. The van der Waals surface area contributed by atoms with E-state index in [2.05, 4.69) is 20.6 Å². The van der Waals surface area contributed by atoms with Gasteiger partial charge in [0.1, 0.15) is 0 Å². The van der Waals surface area contributed by atoms with Crippen molar-refractivity contribution in [2.45, 2.75) is 26.2 Å². The number of nitrogens with one attached hydrogen (secondary N) is 1. The molecule has 1 unspecified atom stereocenters. The number of nitro groups is 1. The Hall–Kier alpha value is -2.84. The first-order valence-electron chi connectivity index (χ1n) is 7.10. The van der Waals surface area contributed by atoms with E-state index in [-0.39, 0.29) is 23.9 Å². The fourth-order valence-electron chi connectivity index (χ4n) is 2.33. The number of carbonyl (C=O) groups is 1. The Kier molecular flexibility index (Phi) is 4.99. The van der Waals surface area contributed by atoms with Gasteiger partial charge in [0.15, 0.2) is 5.82 Å². The molecule has 1 aromatic carbocycles. The summed E-state index contributed by atoms with van der Waals surface area (Å²) in [6.45, 7) is 3.99. The van der Waals surface area contributed by atoms with Gasteiger partial charge >= 0.3 is 0 Å². The number of hydrogen-bond donors (Lipinski definition) is 1. The predicted octanol–water partition coefficient (Wildman–Crippen LogP) is 1.22. The van der Waals surface area contributed by atoms with E-state index in [4.69, 9.17) is 0 Å². The standard InChI is InChI=1S/C14H18N6O3/c1-9(14-15-17-18-16-14)8-19(3)13(21)7-11-5-4-6-12(10(11)2)20(22)23/h4-6,9H,7-8H2,1-3H3,(H,15,16,17,18). The molecule has 1 atom stereocenters. The van der Waals surface area contributed by atoms with Crippen LogP contribution in [0.25, 0.3) is 0 Å². The van der Waals surface area contributed by atoms with Crippen molar-refractivity contribution in [1.82, 2.24) is 25.5 Å². The first-order valence-corrected chi connectivity index (χ1v) is 7.10. The summed E-state index contributed by atoms with van der Waals surface area (Å²) in [5.41, 5.74) is 1.20. The normalized spacial score (nSPS) is 12.0. The van der Waals surface area contributed by atoms with Gasteiger partial charge in [0.25, 0.3) is 5.69 Å². The first-order chi connectivity index (χ1) is 10.9. The van der Waals surface area contributed by atoms with E-state index in [1.807, 2.05) is 6.92 Å². The second kappa shape index (κ2) is 6.95. The van der Waals surface area contributed by atoms with Crippen LogP contribution in [0.15, 0.2) is 18.2 Å². The second-order valence-electron chi connectivity index (χ2n) is 5.44. The highest BCUT2D eigenvalue weighted by Crippen LogP contribution is 2.22. The number of H-pyrrole nitrogens is 1. The minimum Gasteiger partial charge on any atom is -0.345 e. The van der Waals surface area contributed by atoms with Gasteiger partial charge in [-0.2, -0.15) is 5.21 Å². The molecule has 2 rings (SSSR count). The average molecular weight is 318 g/mol. The van der Waals surface area contributed by atoms with Crippen LogP contribution in [0.5, 0.6) is 0 Å². The number of rotatable bonds is 6. The van der Waals surface area contributed by atoms with Gasteiger partial charge in [0, 0.05) is 31.1 Å². The molecule has 0 spiro atoms. The highest BCUT2D eigenvalue weighted by molar-refractivity contribution is 5.79. The van der Waals surface area contributed by atoms with Crippen LogP contribution >= 0.6 is 0 Å². The van der Waals surface area contributed by atoms with Crippen LogP contribution in [0.3, 0.4) is 0 Å². The van der Waals surface area contributed by atoms with Crippen LogP contribution in [0.1, 0.15) is 29.8 Å². The Morgan fingerprint density at radius 3 is 2.83 bits per heavy atom. The van der Waals surface area contributed by atoms with E-state index in [0.29, 0.717) is 23.5 Å². The largest absolute Gasteiger partial charge is 0.345 e. The molecule has 23 heavy (non-hydrogen) atoms. The van der Waals surface area contributed by atoms with Crippen LogP contribution in [0, 0.1) is 17.0 Å². The van der Waals surface area contributed by atoms with Gasteiger partial charge in [-0.1, -0.05) is 24.3 Å². The Balaban J connectivity index is 2.04. The maximum atomic E-state index is 12.3. The smallest absolute Gasteiger partial charge is 0.272 e. The number of aromatic amines is 1. The second-order valence-corrected chi connectivity index (χ2v) is 5.44. The maximum absolute atomic E-state index is 12.3. The lowest BCUT2D eigenvalue weighted by Gasteiger charge is -2.20. The Morgan fingerprint density at radius 1 is 1.48 bits per heavy atom. The molecule has 0 aliphatic heterocycles. The number of aromatic nitrogens is 4. The lowest BCUT2D eigenvalue weighted by Crippen LogP contribution is -2.32. The van der Waals surface area contributed by atoms with E-state index in [1.54, 1.807) is 31.0 Å². The molecule has 1 amide bonds. The van der Waals surface area contributed by atoms with E-state index in [9.17, 15) is 14.9 Å². The highest BCUT2D eigenvalue weighted by Gasteiger charge is 2.19. The fourth-order valence-corrected chi connectivity index (χ4v) is 2.33. The Labute approximate surface area is 132 Å². The van der Waals surface area contributed by atoms with Crippen molar-refractivity contribution in [2.75, 3.05) is 13.6 Å². The maximum Gasteiger partial charge on any atom is 0.272 e. The summed E-state index contributed by atoms with van der Waals surface area (Å²) in [6, 6.07) is 4.76. The SMILES string of the molecule is Cc1c(CC(=O)N(C)CC(C)c2nn[nH]n2)cccc1[N+](=O)[O-]. The summed E-state index contributed by atoms with van der Waals surface area (Å²) in [4.78, 5) is 24.4. The first kappa shape index (κ1) is 16.5. The summed E-state index contributed by atoms with van der Waals surface area (Å²) in [5.74, 6) is 0.356. The number of likely N-dealkylation sites (N-methyl/N-ethyl adjacent to an activating group) is 1. The summed E-state index contributed by atoms with van der Waals surface area (Å²) >= 11 is 0. The lowest BCUT2D eigenvalue weighted by molar-refractivity contribution is -0.385. The molecule has 1 heterocycles. The number of nitrogens with zero attached hydrogens (tertiary/aromatic N) is 5. The number of tetrazole rings is 1. The van der Waals surface area contributed by atoms with Gasteiger partial charge in [-0.05, 0) is 12.5 Å². The molecule has 0 fully saturated rings. The summed E-state index contributed by atoms with van der Waals surface area (Å²) in [5, 5.41) is 24.6. The van der Waals surface area contributed by atoms with Crippen LogP contribution in [0.2, 0.25) is 0 Å². The van der Waals surface area contributed by atoms with E-state index < -0.39 is 4.92 Å². The lowest BCUT2D eigenvalue weighted by atomic mass is 10.0. The van der Waals surface area contributed by atoms with Crippen molar-refractivity contribution >= 4 is 11.6 Å². The third kappa shape index (κ3) is 3.87. The average Bonchev–Trinajstić information content (AvgIpc) is 3.03. The molecule has 9 nitrogen and oxygen atoms in total. The van der Waals surface area contributed by atoms with Crippen molar-refractivity contribution in [3.05, 3.63) is 45.3 Å². The van der Waals surface area contributed by atoms with Gasteiger partial charge in [-0.15, -0.1) is 10.2 Å². The van der Waals surface area contributed by atoms with Crippen LogP contribution in [0.4, 0.5) is 5.69 Å². The number of carbonyl (C=O) groups excluding carboxylic acids is 1. The van der Waals surface area contributed by atoms with Crippen molar-refractivity contribution in [1.29, 1.82) is 0 Å². The molecule has 9 heteroatoms. The van der Waals surface area contributed by atoms with Gasteiger partial charge in [-0.3, -0.25) is 14.9 Å². The molecule has 0 radical (unpaired) electrons. The summed E-state index contributed by atoms with van der Waals surface area (Å²) in [7, 11) is 1.69. The van der Waals surface area contributed by atoms with Crippen LogP contribution in [-0.2, 0) is 11.2 Å². The van der Waals surface area contributed by atoms with Crippen molar-refractivity contribution in [3.63, 3.8) is 0 Å². The summed E-state index contributed by atoms with van der Waals surface area (Å²) in [6.07, 6.45) is 0.114. The van der Waals surface area contributed by atoms with Crippen molar-refractivity contribution in [3.8, 4) is 0 Å². The van der Waals surface area contributed by atoms with E-state index >= 15 is 0 Å². The number of nitro benzene ring substituents is 1. The molecule has 1 N–H and O–H groups in total. The van der Waals surface area contributed by atoms with Gasteiger partial charge < -0.3 is 4.90 Å². The van der Waals surface area contributed by atoms with E-state index in [1.165, 1.54) is 6.07 Å². The van der Waals surface area contributed by atoms with E-state index in [0.717, 1.165) is 0 Å². The minimum absolute atomic E-state index is 0.0260. The molecular weight excluding hydrogens is 300 g/mol. The topological polar surface area (TPSA) is 118 Å². The van der Waals surface area contributed by atoms with Gasteiger partial charge in [0.2, 0.25) is 5.91 Å². The number of benzene rings is 1. The minimum atomic E-state index is -0.439. The van der Waals surface area contributed by atoms with Crippen molar-refractivity contribution in [2.24, 2.45) is 0 Å². The zero-order valence-corrected chi connectivity index (χ0v) is 13.2. The predicted molar refractivity (Wildman–Crippen MR) is 81.8 cm³/mol. The molecule has 0 saturated heterocycles. The molecule has 122 valence electrons. The number of amides is 1. The summed E-state index contributed by atoms with van der Waals surface area (Å²) < 4.78 is 0. The molecule has 0 aliphatic carbocycles. The van der Waals surface area contributed by atoms with Gasteiger partial charge in [-0.25, -0.2) is 0 Å². The third-order valence-corrected chi connectivity index (χ3v) is 3.73. The van der Waals surface area contributed by atoms with Crippen molar-refractivity contribution < 1.29 is 9.72 Å². The molecular formula is C14H18N6O3.